The van der Waals surface area contributed by atoms with Crippen LogP contribution in [0, 0.1) is 11.3 Å². The molecular formula is C22H31N3O. The molecule has 0 bridgehead atoms. The van der Waals surface area contributed by atoms with Crippen molar-refractivity contribution < 1.29 is 5.11 Å². The van der Waals surface area contributed by atoms with E-state index in [1.807, 2.05) is 18.2 Å². The lowest BCUT2D eigenvalue weighted by Crippen LogP contribution is -2.25. The molecule has 0 aromatic heterocycles. The Bertz CT molecular complexity index is 790. The van der Waals surface area contributed by atoms with E-state index in [9.17, 15) is 5.11 Å². The van der Waals surface area contributed by atoms with Gasteiger partial charge in [-0.2, -0.15) is 5.10 Å². The molecule has 140 valence electrons. The van der Waals surface area contributed by atoms with E-state index in [-0.39, 0.29) is 16.6 Å². The van der Waals surface area contributed by atoms with Crippen LogP contribution >= 0.6 is 0 Å². The van der Waals surface area contributed by atoms with E-state index in [2.05, 4.69) is 65.1 Å². The van der Waals surface area contributed by atoms with Crippen LogP contribution in [0.1, 0.15) is 59.6 Å². The number of nitrogens with zero attached hydrogens (tertiary/aromatic N) is 1. The first-order valence-corrected chi connectivity index (χ1v) is 9.10. The summed E-state index contributed by atoms with van der Waals surface area (Å²) in [6.07, 6.45) is 7.12. The van der Waals surface area contributed by atoms with E-state index in [1.54, 1.807) is 12.2 Å². The van der Waals surface area contributed by atoms with Crippen LogP contribution in [-0.2, 0) is 10.8 Å². The molecule has 1 aromatic rings. The van der Waals surface area contributed by atoms with Gasteiger partial charge in [-0.3, -0.25) is 10.8 Å². The zero-order valence-electron chi connectivity index (χ0n) is 16.9. The van der Waals surface area contributed by atoms with Crippen LogP contribution in [-0.4, -0.2) is 16.5 Å². The second-order valence-electron chi connectivity index (χ2n) is 8.79. The molecule has 1 aromatic carbocycles. The van der Waals surface area contributed by atoms with E-state index < -0.39 is 0 Å². The number of phenols is 1. The molecule has 0 aliphatic heterocycles. The molecular weight excluding hydrogens is 322 g/mol. The van der Waals surface area contributed by atoms with Gasteiger partial charge in [-0.25, -0.2) is 0 Å². The maximum Gasteiger partial charge on any atom is 0.144 e. The number of anilines is 1. The first-order valence-electron chi connectivity index (χ1n) is 9.10. The van der Waals surface area contributed by atoms with Gasteiger partial charge in [0.1, 0.15) is 11.5 Å². The number of benzene rings is 1. The smallest absolute Gasteiger partial charge is 0.144 e. The van der Waals surface area contributed by atoms with Crippen LogP contribution in [0.4, 0.5) is 5.69 Å². The third kappa shape index (κ3) is 4.06. The van der Waals surface area contributed by atoms with Gasteiger partial charge < -0.3 is 5.11 Å². The van der Waals surface area contributed by atoms with Gasteiger partial charge in [-0.1, -0.05) is 66.7 Å². The van der Waals surface area contributed by atoms with Gasteiger partial charge in [0.25, 0.3) is 0 Å². The monoisotopic (exact) mass is 353 g/mol. The maximum absolute atomic E-state index is 10.8. The summed E-state index contributed by atoms with van der Waals surface area (Å²) in [5.41, 5.74) is 6.25. The Hall–Kier alpha value is -2.36. The zero-order chi connectivity index (χ0) is 19.7. The third-order valence-corrected chi connectivity index (χ3v) is 5.31. The highest BCUT2D eigenvalue weighted by atomic mass is 16.3. The second kappa shape index (κ2) is 7.10. The largest absolute Gasteiger partial charge is 0.505 e. The molecule has 4 nitrogen and oxygen atoms in total. The molecule has 0 spiro atoms. The Morgan fingerprint density at radius 1 is 1.04 bits per heavy atom. The first-order chi connectivity index (χ1) is 11.9. The van der Waals surface area contributed by atoms with E-state index in [1.165, 1.54) is 0 Å². The topological polar surface area (TPSA) is 68.5 Å². The molecule has 0 atom stereocenters. The molecule has 26 heavy (non-hydrogen) atoms. The van der Waals surface area contributed by atoms with Crippen LogP contribution in [0.25, 0.3) is 0 Å². The fourth-order valence-corrected chi connectivity index (χ4v) is 2.69. The Labute approximate surface area is 157 Å². The third-order valence-electron chi connectivity index (χ3n) is 5.31. The van der Waals surface area contributed by atoms with Crippen molar-refractivity contribution in [3.8, 4) is 5.75 Å². The Morgan fingerprint density at radius 3 is 2.19 bits per heavy atom. The average Bonchev–Trinajstić information content (AvgIpc) is 2.53. The molecule has 0 saturated carbocycles. The van der Waals surface area contributed by atoms with Crippen LogP contribution in [0.15, 0.2) is 41.5 Å². The molecule has 3 N–H and O–H groups in total. The predicted octanol–water partition coefficient (Wildman–Crippen LogP) is 5.54. The number of allylic oxidation sites excluding steroid dienone is 4. The lowest BCUT2D eigenvalue weighted by atomic mass is 9.73. The SMILES string of the molecule is CC(C)C(C)(C)c1cc(N/N=C2/C=CC=CC2=N)c(O)c(C(C)(C)C)c1. The summed E-state index contributed by atoms with van der Waals surface area (Å²) in [7, 11) is 0. The van der Waals surface area contributed by atoms with Crippen molar-refractivity contribution in [2.24, 2.45) is 11.0 Å². The maximum atomic E-state index is 10.8. The van der Waals surface area contributed by atoms with Gasteiger partial charge in [0.15, 0.2) is 0 Å². The number of nitrogens with one attached hydrogen (secondary N) is 2. The van der Waals surface area contributed by atoms with Gasteiger partial charge in [-0.15, -0.1) is 0 Å². The van der Waals surface area contributed by atoms with Gasteiger partial charge in [0.05, 0.1) is 11.4 Å². The lowest BCUT2D eigenvalue weighted by Gasteiger charge is -2.33. The Balaban J connectivity index is 2.54. The van der Waals surface area contributed by atoms with Crippen molar-refractivity contribution in [3.63, 3.8) is 0 Å². The highest BCUT2D eigenvalue weighted by molar-refractivity contribution is 6.50. The summed E-state index contributed by atoms with van der Waals surface area (Å²) in [6, 6.07) is 4.08. The minimum atomic E-state index is -0.198. The highest BCUT2D eigenvalue weighted by Crippen LogP contribution is 2.42. The van der Waals surface area contributed by atoms with Crippen molar-refractivity contribution in [1.29, 1.82) is 5.41 Å². The average molecular weight is 354 g/mol. The minimum absolute atomic E-state index is 0.0442. The van der Waals surface area contributed by atoms with Crippen molar-refractivity contribution in [1.82, 2.24) is 0 Å². The van der Waals surface area contributed by atoms with Crippen LogP contribution in [0.3, 0.4) is 0 Å². The van der Waals surface area contributed by atoms with Gasteiger partial charge >= 0.3 is 0 Å². The van der Waals surface area contributed by atoms with Crippen LogP contribution in [0.5, 0.6) is 5.75 Å². The van der Waals surface area contributed by atoms with Crippen molar-refractivity contribution in [3.05, 3.63) is 47.6 Å². The van der Waals surface area contributed by atoms with Crippen molar-refractivity contribution in [2.75, 3.05) is 5.43 Å². The van der Waals surface area contributed by atoms with E-state index >= 15 is 0 Å². The highest BCUT2D eigenvalue weighted by Gasteiger charge is 2.29. The minimum Gasteiger partial charge on any atom is -0.505 e. The normalized spacial score (nSPS) is 16.6. The van der Waals surface area contributed by atoms with Gasteiger partial charge in [0.2, 0.25) is 0 Å². The van der Waals surface area contributed by atoms with E-state index in [0.717, 1.165) is 11.1 Å². The van der Waals surface area contributed by atoms with Gasteiger partial charge in [-0.05, 0) is 40.5 Å². The second-order valence-corrected chi connectivity index (χ2v) is 8.79. The zero-order valence-corrected chi connectivity index (χ0v) is 16.9. The molecule has 0 radical (unpaired) electrons. The van der Waals surface area contributed by atoms with Crippen molar-refractivity contribution >= 4 is 17.1 Å². The number of hydrogen-bond acceptors (Lipinski definition) is 4. The molecule has 0 heterocycles. The van der Waals surface area contributed by atoms with E-state index in [0.29, 0.717) is 23.0 Å². The number of phenolic OH excluding ortho intramolecular Hbond substituents is 1. The molecule has 0 fully saturated rings. The molecule has 1 aliphatic rings. The Kier molecular flexibility index (Phi) is 5.45. The summed E-state index contributed by atoms with van der Waals surface area (Å²) in [5, 5.41) is 23.1. The summed E-state index contributed by atoms with van der Waals surface area (Å²) in [4.78, 5) is 0. The fraction of sp³-hybridized carbons (Fsp3) is 0.455. The molecule has 0 unspecified atom stereocenters. The molecule has 0 amide bonds. The molecule has 0 saturated heterocycles. The van der Waals surface area contributed by atoms with Crippen LogP contribution < -0.4 is 5.43 Å². The number of aromatic hydroxyl groups is 1. The summed E-state index contributed by atoms with van der Waals surface area (Å²) in [5.74, 6) is 0.658. The molecule has 4 heteroatoms. The number of hydrazone groups is 1. The quantitative estimate of drug-likeness (QED) is 0.378. The van der Waals surface area contributed by atoms with E-state index in [4.69, 9.17) is 5.41 Å². The lowest BCUT2D eigenvalue weighted by molar-refractivity contribution is 0.370. The van der Waals surface area contributed by atoms with Crippen LogP contribution in [0.2, 0.25) is 0 Å². The predicted molar refractivity (Wildman–Crippen MR) is 112 cm³/mol. The van der Waals surface area contributed by atoms with Crippen molar-refractivity contribution in [2.45, 2.75) is 59.3 Å². The molecule has 2 rings (SSSR count). The number of rotatable bonds is 4. The summed E-state index contributed by atoms with van der Waals surface area (Å²) >= 11 is 0. The number of hydrogen-bond donors (Lipinski definition) is 3. The van der Waals surface area contributed by atoms with Gasteiger partial charge in [0, 0.05) is 5.56 Å². The molecule has 1 aliphatic carbocycles. The first kappa shape index (κ1) is 20.0. The Morgan fingerprint density at radius 2 is 1.65 bits per heavy atom. The standard InChI is InChI=1S/C22H31N3O/c1-14(2)22(6,7)15-12-16(21(3,4)5)20(26)19(13-15)25-24-18-11-9-8-10-17(18)23/h8-14,23,25-26H,1-7H3/b23-17?,24-18-. The fourth-order valence-electron chi connectivity index (χ4n) is 2.69. The summed E-state index contributed by atoms with van der Waals surface area (Å²) < 4.78 is 0. The summed E-state index contributed by atoms with van der Waals surface area (Å²) in [6.45, 7) is 15.1.